The van der Waals surface area contributed by atoms with Crippen molar-refractivity contribution in [1.29, 1.82) is 0 Å². The predicted octanol–water partition coefficient (Wildman–Crippen LogP) is 7.31. The molecule has 5 aliphatic rings. The highest BCUT2D eigenvalue weighted by molar-refractivity contribution is 5.71. The smallest absolute Gasteiger partial charge is 0.253 e. The highest BCUT2D eigenvalue weighted by atomic mass is 19.3. The Hall–Kier alpha value is -4.97. The van der Waals surface area contributed by atoms with Crippen molar-refractivity contribution in [1.82, 2.24) is 28.7 Å². The van der Waals surface area contributed by atoms with Gasteiger partial charge >= 0.3 is 0 Å². The number of alkyl halides is 2. The molecule has 272 valence electrons. The number of hydrogen-bond donors (Lipinski definition) is 3. The summed E-state index contributed by atoms with van der Waals surface area (Å²) in [5.41, 5.74) is 8.44. The Morgan fingerprint density at radius 3 is 1.58 bits per heavy atom. The molecule has 2 fully saturated rings. The molecule has 5 atom stereocenters. The molecule has 11 heteroatoms. The van der Waals surface area contributed by atoms with Crippen LogP contribution < -0.4 is 0 Å². The van der Waals surface area contributed by atoms with Gasteiger partial charge in [0.15, 0.2) is 0 Å². The van der Waals surface area contributed by atoms with Crippen LogP contribution in [-0.4, -0.2) is 67.7 Å². The number of aromatic nitrogens is 6. The van der Waals surface area contributed by atoms with Crippen molar-refractivity contribution < 1.29 is 24.1 Å². The molecule has 2 aliphatic carbocycles. The van der Waals surface area contributed by atoms with Crippen molar-refractivity contribution >= 4 is 0 Å². The molecule has 3 aliphatic heterocycles. The van der Waals surface area contributed by atoms with Gasteiger partial charge in [-0.3, -0.25) is 0 Å². The monoisotopic (exact) mass is 716 g/mol. The number of benzene rings is 3. The summed E-state index contributed by atoms with van der Waals surface area (Å²) in [5, 5.41) is 31.4. The number of hydrogen-bond acceptors (Lipinski definition) is 6. The highest BCUT2D eigenvalue weighted by Gasteiger charge is 2.61. The average Bonchev–Trinajstić information content (AvgIpc) is 3.63. The van der Waals surface area contributed by atoms with Gasteiger partial charge in [0.25, 0.3) is 5.92 Å². The lowest BCUT2D eigenvalue weighted by atomic mass is 9.70. The third kappa shape index (κ3) is 5.55. The minimum absolute atomic E-state index is 0.00343. The van der Waals surface area contributed by atoms with Crippen molar-refractivity contribution in [2.75, 3.05) is 0 Å². The molecule has 6 heterocycles. The first kappa shape index (κ1) is 33.8. The Kier molecular flexibility index (Phi) is 8.03. The van der Waals surface area contributed by atoms with E-state index in [0.29, 0.717) is 5.92 Å². The molecular formula is C42H42F2N6O3. The molecule has 3 N–H and O–H groups in total. The average molecular weight is 717 g/mol. The van der Waals surface area contributed by atoms with Gasteiger partial charge in [-0.25, -0.2) is 23.7 Å². The summed E-state index contributed by atoms with van der Waals surface area (Å²) in [6.45, 7) is 4.09. The molecule has 5 unspecified atom stereocenters. The van der Waals surface area contributed by atoms with E-state index in [1.54, 1.807) is 17.1 Å². The minimum Gasteiger partial charge on any atom is -0.390 e. The number of halogens is 2. The first-order valence-electron chi connectivity index (χ1n) is 18.4. The molecule has 11 rings (SSSR count). The fourth-order valence-electron chi connectivity index (χ4n) is 8.93. The van der Waals surface area contributed by atoms with Gasteiger partial charge in [-0.05, 0) is 41.4 Å². The Bertz CT molecular complexity index is 2190. The number of aliphatic hydroxyl groups is 3. The van der Waals surface area contributed by atoms with Crippen LogP contribution in [0.1, 0.15) is 74.3 Å². The lowest BCUT2D eigenvalue weighted by Crippen LogP contribution is -2.56. The molecule has 3 aromatic heterocycles. The van der Waals surface area contributed by atoms with E-state index in [-0.39, 0.29) is 30.2 Å². The van der Waals surface area contributed by atoms with Crippen LogP contribution >= 0.6 is 0 Å². The van der Waals surface area contributed by atoms with Crippen molar-refractivity contribution in [3.05, 3.63) is 127 Å². The second kappa shape index (κ2) is 12.6. The molecule has 0 spiro atoms. The SMILES string of the molecule is CC(C)C(O)C1c2ccccc2-c2cncn21.OC(C1CC1)C1c2ccccc2-c2cncn21.OC1(C2c3ccccc3-c3cncn32)CC(F)(F)C1. The van der Waals surface area contributed by atoms with Crippen LogP contribution in [0.25, 0.3) is 33.8 Å². The molecule has 0 radical (unpaired) electrons. The van der Waals surface area contributed by atoms with E-state index < -0.39 is 30.4 Å². The number of nitrogens with zero attached hydrogens (tertiary/aromatic N) is 6. The maximum absolute atomic E-state index is 13.2. The topological polar surface area (TPSA) is 114 Å². The van der Waals surface area contributed by atoms with Crippen molar-refractivity contribution in [3.8, 4) is 33.8 Å². The molecule has 0 bridgehead atoms. The summed E-state index contributed by atoms with van der Waals surface area (Å²) in [7, 11) is 0. The molecule has 9 nitrogen and oxygen atoms in total. The molecule has 2 saturated carbocycles. The number of imidazole rings is 3. The van der Waals surface area contributed by atoms with E-state index in [0.717, 1.165) is 41.1 Å². The van der Waals surface area contributed by atoms with Crippen molar-refractivity contribution in [3.63, 3.8) is 0 Å². The van der Waals surface area contributed by atoms with Gasteiger partial charge in [0.05, 0.1) is 85.0 Å². The van der Waals surface area contributed by atoms with Crippen LogP contribution in [0.15, 0.2) is 110 Å². The van der Waals surface area contributed by atoms with Gasteiger partial charge in [-0.2, -0.15) is 0 Å². The third-order valence-corrected chi connectivity index (χ3v) is 11.6. The van der Waals surface area contributed by atoms with Crippen LogP contribution in [-0.2, 0) is 0 Å². The number of aliphatic hydroxyl groups excluding tert-OH is 2. The van der Waals surface area contributed by atoms with Gasteiger partial charge in [-0.1, -0.05) is 86.6 Å². The van der Waals surface area contributed by atoms with Gasteiger partial charge in [-0.15, -0.1) is 0 Å². The van der Waals surface area contributed by atoms with Crippen molar-refractivity contribution in [2.24, 2.45) is 11.8 Å². The zero-order valence-corrected chi connectivity index (χ0v) is 29.5. The summed E-state index contributed by atoms with van der Waals surface area (Å²) in [6, 6.07) is 23.8. The normalized spacial score (nSPS) is 22.8. The van der Waals surface area contributed by atoms with E-state index in [1.165, 1.54) is 22.3 Å². The first-order valence-corrected chi connectivity index (χ1v) is 18.4. The Morgan fingerprint density at radius 2 is 1.08 bits per heavy atom. The lowest BCUT2D eigenvalue weighted by molar-refractivity contribution is -0.217. The fourth-order valence-corrected chi connectivity index (χ4v) is 8.93. The van der Waals surface area contributed by atoms with Crippen LogP contribution in [0.4, 0.5) is 8.78 Å². The predicted molar refractivity (Wildman–Crippen MR) is 196 cm³/mol. The molecule has 0 amide bonds. The third-order valence-electron chi connectivity index (χ3n) is 11.6. The zero-order valence-electron chi connectivity index (χ0n) is 29.5. The van der Waals surface area contributed by atoms with Gasteiger partial charge in [0.2, 0.25) is 0 Å². The van der Waals surface area contributed by atoms with E-state index in [2.05, 4.69) is 48.4 Å². The highest BCUT2D eigenvalue weighted by Crippen LogP contribution is 2.56. The fraction of sp³-hybridized carbons (Fsp3) is 0.357. The second-order valence-corrected chi connectivity index (χ2v) is 15.5. The summed E-state index contributed by atoms with van der Waals surface area (Å²) >= 11 is 0. The van der Waals surface area contributed by atoms with Gasteiger partial charge in [0.1, 0.15) is 5.60 Å². The summed E-state index contributed by atoms with van der Waals surface area (Å²) in [4.78, 5) is 12.5. The van der Waals surface area contributed by atoms with E-state index in [1.807, 2.05) is 87.4 Å². The van der Waals surface area contributed by atoms with Crippen LogP contribution in [0.3, 0.4) is 0 Å². The lowest BCUT2D eigenvalue weighted by Gasteiger charge is -2.47. The molecule has 3 aromatic carbocycles. The van der Waals surface area contributed by atoms with E-state index in [4.69, 9.17) is 0 Å². The Labute approximate surface area is 306 Å². The zero-order chi connectivity index (χ0) is 36.6. The second-order valence-electron chi connectivity index (χ2n) is 15.5. The van der Waals surface area contributed by atoms with Crippen LogP contribution in [0, 0.1) is 11.8 Å². The van der Waals surface area contributed by atoms with Gasteiger partial charge < -0.3 is 29.0 Å². The number of fused-ring (bicyclic) bond motifs is 9. The van der Waals surface area contributed by atoms with Crippen molar-refractivity contribution in [2.45, 2.75) is 81.4 Å². The van der Waals surface area contributed by atoms with E-state index in [9.17, 15) is 24.1 Å². The maximum Gasteiger partial charge on any atom is 0.253 e. The summed E-state index contributed by atoms with van der Waals surface area (Å²) in [6.07, 6.45) is 11.4. The largest absolute Gasteiger partial charge is 0.390 e. The van der Waals surface area contributed by atoms with Crippen LogP contribution in [0.2, 0.25) is 0 Å². The summed E-state index contributed by atoms with van der Waals surface area (Å²) in [5.74, 6) is -2.06. The molecule has 53 heavy (non-hydrogen) atoms. The molecular weight excluding hydrogens is 674 g/mol. The Morgan fingerprint density at radius 1 is 0.642 bits per heavy atom. The minimum atomic E-state index is -2.76. The standard InChI is InChI=1S/C14H12F2N2O.C14H14N2O.C14H16N2O/c15-14(16)6-13(19,7-14)12-10-4-2-1-3-9(10)11-5-17-8-18(11)12;17-14(9-5-6-9)13-11-4-2-1-3-10(11)12-7-15-8-16(12)13;1-9(2)14(17)13-11-6-4-3-5-10(11)12-7-15-8-16(12)13/h1-5,8,12,19H,6-7H2;1-4,7-9,13-14,17H,5-6H2;3-9,13-14,17H,1-2H3. The summed E-state index contributed by atoms with van der Waals surface area (Å²) < 4.78 is 32.4. The first-order chi connectivity index (χ1) is 25.6. The molecule has 6 aromatic rings. The number of rotatable bonds is 5. The maximum atomic E-state index is 13.2. The van der Waals surface area contributed by atoms with Gasteiger partial charge in [0, 0.05) is 29.5 Å². The quantitative estimate of drug-likeness (QED) is 0.173. The van der Waals surface area contributed by atoms with E-state index >= 15 is 0 Å². The Balaban J connectivity index is 0.000000106. The van der Waals surface area contributed by atoms with Crippen LogP contribution in [0.5, 0.6) is 0 Å². The molecule has 0 saturated heterocycles.